The van der Waals surface area contributed by atoms with Crippen molar-refractivity contribution in [3.05, 3.63) is 23.3 Å². The summed E-state index contributed by atoms with van der Waals surface area (Å²) >= 11 is 0. The summed E-state index contributed by atoms with van der Waals surface area (Å²) in [6, 6.07) is 4.10. The van der Waals surface area contributed by atoms with E-state index in [4.69, 9.17) is 15.6 Å². The van der Waals surface area contributed by atoms with Crippen LogP contribution in [-0.2, 0) is 4.79 Å². The first-order valence-corrected chi connectivity index (χ1v) is 8.37. The van der Waals surface area contributed by atoms with Crippen LogP contribution in [0.3, 0.4) is 0 Å². The first-order valence-electron chi connectivity index (χ1n) is 8.37. The van der Waals surface area contributed by atoms with Crippen LogP contribution < -0.4 is 10.5 Å². The minimum Gasteiger partial charge on any atom is -0.489 e. The fraction of sp³-hybridized carbons (Fsp3) is 0.611. The number of aryl methyl sites for hydroxylation is 1. The van der Waals surface area contributed by atoms with Gasteiger partial charge in [-0.3, -0.25) is 4.79 Å². The molecule has 1 aromatic rings. The molecular formula is C18H28N2O3. The zero-order chi connectivity index (χ0) is 17.0. The molecule has 1 aliphatic rings. The quantitative estimate of drug-likeness (QED) is 0.788. The summed E-state index contributed by atoms with van der Waals surface area (Å²) in [5.74, 6) is 0.539. The number of ether oxygens (including phenoxy) is 1. The fourth-order valence-corrected chi connectivity index (χ4v) is 3.24. The summed E-state index contributed by atoms with van der Waals surface area (Å²) in [5, 5.41) is 8.79. The number of aliphatic carboxylic acids is 1. The van der Waals surface area contributed by atoms with E-state index < -0.39 is 5.97 Å². The minimum atomic E-state index is -0.725. The molecule has 23 heavy (non-hydrogen) atoms. The van der Waals surface area contributed by atoms with Gasteiger partial charge in [0.05, 0.1) is 18.2 Å². The fourth-order valence-electron chi connectivity index (χ4n) is 3.24. The van der Waals surface area contributed by atoms with E-state index in [0.29, 0.717) is 18.2 Å². The highest BCUT2D eigenvalue weighted by Gasteiger charge is 2.23. The van der Waals surface area contributed by atoms with Gasteiger partial charge in [-0.15, -0.1) is 0 Å². The number of carboxylic acids is 1. The maximum absolute atomic E-state index is 10.7. The van der Waals surface area contributed by atoms with Crippen LogP contribution in [0.5, 0.6) is 5.75 Å². The van der Waals surface area contributed by atoms with E-state index in [0.717, 1.165) is 31.7 Å². The first kappa shape index (κ1) is 17.6. The Labute approximate surface area is 138 Å². The average molecular weight is 320 g/mol. The van der Waals surface area contributed by atoms with E-state index >= 15 is 0 Å². The summed E-state index contributed by atoms with van der Waals surface area (Å²) in [5.41, 5.74) is 9.29. The Kier molecular flexibility index (Phi) is 5.88. The van der Waals surface area contributed by atoms with Gasteiger partial charge in [0.15, 0.2) is 0 Å². The van der Waals surface area contributed by atoms with Crippen molar-refractivity contribution < 1.29 is 14.6 Å². The smallest absolute Gasteiger partial charge is 0.304 e. The molecule has 5 nitrogen and oxygen atoms in total. The molecule has 0 saturated carbocycles. The molecule has 0 spiro atoms. The van der Waals surface area contributed by atoms with Gasteiger partial charge in [0.25, 0.3) is 0 Å². The number of nitrogen functional groups attached to an aromatic ring is 1. The average Bonchev–Trinajstić information content (AvgIpc) is 2.48. The van der Waals surface area contributed by atoms with Gasteiger partial charge in [0, 0.05) is 6.54 Å². The Bertz CT molecular complexity index is 549. The second-order valence-corrected chi connectivity index (χ2v) is 6.67. The molecule has 0 unspecified atom stereocenters. The Morgan fingerprint density at radius 3 is 2.61 bits per heavy atom. The standard InChI is InChI=1S/C18H28N2O3/c1-12(2)23-17-11-15(13(3)10-16(17)19)14-4-7-20(8-5-14)9-6-18(21)22/h10-12,14H,4-9,19H2,1-3H3,(H,21,22). The van der Waals surface area contributed by atoms with Crippen LogP contribution >= 0.6 is 0 Å². The molecule has 0 bridgehead atoms. The number of hydrogen-bond acceptors (Lipinski definition) is 4. The predicted octanol–water partition coefficient (Wildman–Crippen LogP) is 3.02. The summed E-state index contributed by atoms with van der Waals surface area (Å²) in [6.45, 7) is 8.64. The molecule has 5 heteroatoms. The van der Waals surface area contributed by atoms with E-state index in [1.54, 1.807) is 0 Å². The van der Waals surface area contributed by atoms with Crippen molar-refractivity contribution in [1.29, 1.82) is 0 Å². The van der Waals surface area contributed by atoms with Crippen molar-refractivity contribution in [3.63, 3.8) is 0 Å². The van der Waals surface area contributed by atoms with E-state index in [1.807, 2.05) is 19.9 Å². The number of rotatable bonds is 6. The number of carbonyl (C=O) groups is 1. The Balaban J connectivity index is 2.03. The van der Waals surface area contributed by atoms with Crippen molar-refractivity contribution in [2.75, 3.05) is 25.4 Å². The lowest BCUT2D eigenvalue weighted by atomic mass is 9.86. The van der Waals surface area contributed by atoms with Crippen molar-refractivity contribution in [3.8, 4) is 5.75 Å². The topological polar surface area (TPSA) is 75.8 Å². The van der Waals surface area contributed by atoms with Gasteiger partial charge in [0.1, 0.15) is 5.75 Å². The molecule has 1 aliphatic heterocycles. The molecule has 0 radical (unpaired) electrons. The number of likely N-dealkylation sites (tertiary alicyclic amines) is 1. The van der Waals surface area contributed by atoms with Crippen LogP contribution in [0.2, 0.25) is 0 Å². The molecule has 0 atom stereocenters. The highest BCUT2D eigenvalue weighted by Crippen LogP contribution is 2.35. The molecule has 128 valence electrons. The Morgan fingerprint density at radius 2 is 2.04 bits per heavy atom. The number of piperidine rings is 1. The third kappa shape index (κ3) is 4.86. The molecule has 0 aliphatic carbocycles. The first-order chi connectivity index (χ1) is 10.9. The van der Waals surface area contributed by atoms with E-state index in [9.17, 15) is 4.79 Å². The van der Waals surface area contributed by atoms with E-state index in [2.05, 4.69) is 17.9 Å². The van der Waals surface area contributed by atoms with Crippen molar-refractivity contribution in [2.24, 2.45) is 0 Å². The number of carboxylic acid groups (broad SMARTS) is 1. The zero-order valence-corrected chi connectivity index (χ0v) is 14.3. The number of nitrogens with two attached hydrogens (primary N) is 1. The van der Waals surface area contributed by atoms with Gasteiger partial charge in [-0.25, -0.2) is 0 Å². The SMILES string of the molecule is Cc1cc(N)c(OC(C)C)cc1C1CCN(CCC(=O)O)CC1. The Morgan fingerprint density at radius 1 is 1.39 bits per heavy atom. The normalized spacial score (nSPS) is 16.7. The maximum Gasteiger partial charge on any atom is 0.304 e. The molecule has 0 aromatic heterocycles. The largest absolute Gasteiger partial charge is 0.489 e. The number of hydrogen-bond donors (Lipinski definition) is 2. The van der Waals surface area contributed by atoms with Crippen LogP contribution in [0.25, 0.3) is 0 Å². The summed E-state index contributed by atoms with van der Waals surface area (Å²) in [4.78, 5) is 12.9. The van der Waals surface area contributed by atoms with Gasteiger partial charge >= 0.3 is 5.97 Å². The summed E-state index contributed by atoms with van der Waals surface area (Å²) < 4.78 is 5.82. The van der Waals surface area contributed by atoms with E-state index in [-0.39, 0.29) is 12.5 Å². The van der Waals surface area contributed by atoms with Crippen molar-refractivity contribution in [1.82, 2.24) is 4.90 Å². The highest BCUT2D eigenvalue weighted by atomic mass is 16.5. The number of benzene rings is 1. The number of nitrogens with zero attached hydrogens (tertiary/aromatic N) is 1. The Hall–Kier alpha value is -1.75. The predicted molar refractivity (Wildman–Crippen MR) is 92.0 cm³/mol. The molecule has 1 aromatic carbocycles. The second-order valence-electron chi connectivity index (χ2n) is 6.67. The van der Waals surface area contributed by atoms with Gasteiger partial charge < -0.3 is 20.5 Å². The summed E-state index contributed by atoms with van der Waals surface area (Å²) in [6.07, 6.45) is 2.42. The zero-order valence-electron chi connectivity index (χ0n) is 14.3. The van der Waals surface area contributed by atoms with Gasteiger partial charge in [-0.05, 0) is 75.9 Å². The van der Waals surface area contributed by atoms with Crippen LogP contribution in [0.15, 0.2) is 12.1 Å². The highest BCUT2D eigenvalue weighted by molar-refractivity contribution is 5.66. The molecule has 1 heterocycles. The molecule has 3 N–H and O–H groups in total. The van der Waals surface area contributed by atoms with Crippen LogP contribution in [0, 0.1) is 6.92 Å². The van der Waals surface area contributed by atoms with Gasteiger partial charge in [-0.1, -0.05) is 0 Å². The monoisotopic (exact) mass is 320 g/mol. The summed E-state index contributed by atoms with van der Waals surface area (Å²) in [7, 11) is 0. The van der Waals surface area contributed by atoms with Crippen LogP contribution in [-0.4, -0.2) is 41.7 Å². The number of anilines is 1. The lowest BCUT2D eigenvalue weighted by Crippen LogP contribution is -2.34. The van der Waals surface area contributed by atoms with Gasteiger partial charge in [-0.2, -0.15) is 0 Å². The molecule has 1 fully saturated rings. The lowest BCUT2D eigenvalue weighted by molar-refractivity contribution is -0.137. The molecule has 1 saturated heterocycles. The third-order valence-corrected chi connectivity index (χ3v) is 4.43. The van der Waals surface area contributed by atoms with Crippen molar-refractivity contribution in [2.45, 2.75) is 52.1 Å². The lowest BCUT2D eigenvalue weighted by Gasteiger charge is -2.32. The van der Waals surface area contributed by atoms with Crippen LogP contribution in [0.1, 0.15) is 50.2 Å². The van der Waals surface area contributed by atoms with Crippen molar-refractivity contribution >= 4 is 11.7 Å². The molecule has 2 rings (SSSR count). The maximum atomic E-state index is 10.7. The molecule has 0 amide bonds. The van der Waals surface area contributed by atoms with Gasteiger partial charge in [0.2, 0.25) is 0 Å². The van der Waals surface area contributed by atoms with Crippen LogP contribution in [0.4, 0.5) is 5.69 Å². The second kappa shape index (κ2) is 7.68. The molecular weight excluding hydrogens is 292 g/mol. The van der Waals surface area contributed by atoms with E-state index in [1.165, 1.54) is 11.1 Å². The third-order valence-electron chi connectivity index (χ3n) is 4.43. The minimum absolute atomic E-state index is 0.103.